The molecule has 1 saturated heterocycles. The van der Waals surface area contributed by atoms with E-state index < -0.39 is 0 Å². The van der Waals surface area contributed by atoms with Crippen LogP contribution in [0, 0.1) is 5.92 Å². The van der Waals surface area contributed by atoms with E-state index in [1.165, 1.54) is 19.4 Å². The van der Waals surface area contributed by atoms with Gasteiger partial charge in [0, 0.05) is 25.7 Å². The molecule has 0 bridgehead atoms. The smallest absolute Gasteiger partial charge is 0.208 e. The molecular weight excluding hydrogens is 214 g/mol. The molecule has 1 aliphatic heterocycles. The summed E-state index contributed by atoms with van der Waals surface area (Å²) in [5, 5.41) is 0. The van der Waals surface area contributed by atoms with Crippen LogP contribution < -0.4 is 11.3 Å². The van der Waals surface area contributed by atoms with Crippen LogP contribution in [0.2, 0.25) is 0 Å². The monoisotopic (exact) mass is 241 g/mol. The number of nitrogens with two attached hydrogens (primary N) is 1. The van der Waals surface area contributed by atoms with Gasteiger partial charge in [0.2, 0.25) is 5.96 Å². The Kier molecular flexibility index (Phi) is 5.71. The Labute approximate surface area is 105 Å². The predicted octanol–water partition coefficient (Wildman–Crippen LogP) is 0.488. The van der Waals surface area contributed by atoms with E-state index in [9.17, 15) is 0 Å². The van der Waals surface area contributed by atoms with Crippen molar-refractivity contribution in [3.63, 3.8) is 0 Å². The normalized spacial score (nSPS) is 19.2. The highest BCUT2D eigenvalue weighted by Crippen LogP contribution is 2.17. The first-order valence-electron chi connectivity index (χ1n) is 6.47. The van der Waals surface area contributed by atoms with E-state index in [0.717, 1.165) is 25.0 Å². The number of likely N-dealkylation sites (tertiary alicyclic amines) is 1. The molecule has 0 spiro atoms. The number of nitrogens with zero attached hydrogens (tertiary/aromatic N) is 3. The van der Waals surface area contributed by atoms with Gasteiger partial charge in [0.05, 0.1) is 0 Å². The third-order valence-electron chi connectivity index (χ3n) is 3.05. The van der Waals surface area contributed by atoms with Crippen molar-refractivity contribution in [1.29, 1.82) is 0 Å². The van der Waals surface area contributed by atoms with Crippen LogP contribution in [0.15, 0.2) is 4.99 Å². The number of piperidine rings is 1. The number of guanidine groups is 1. The van der Waals surface area contributed by atoms with Crippen molar-refractivity contribution in [3.05, 3.63) is 0 Å². The maximum absolute atomic E-state index is 5.54. The van der Waals surface area contributed by atoms with Crippen molar-refractivity contribution in [1.82, 2.24) is 15.2 Å². The maximum Gasteiger partial charge on any atom is 0.208 e. The van der Waals surface area contributed by atoms with Crippen molar-refractivity contribution in [2.24, 2.45) is 16.8 Å². The van der Waals surface area contributed by atoms with E-state index in [2.05, 4.69) is 48.2 Å². The molecule has 17 heavy (non-hydrogen) atoms. The maximum atomic E-state index is 5.54. The molecule has 0 aromatic carbocycles. The lowest BCUT2D eigenvalue weighted by atomic mass is 9.96. The molecule has 0 saturated carbocycles. The van der Waals surface area contributed by atoms with Gasteiger partial charge >= 0.3 is 0 Å². The van der Waals surface area contributed by atoms with Crippen LogP contribution in [0.4, 0.5) is 0 Å². The molecule has 0 aromatic heterocycles. The van der Waals surface area contributed by atoms with E-state index in [-0.39, 0.29) is 6.04 Å². The van der Waals surface area contributed by atoms with Crippen LogP contribution in [0.5, 0.6) is 0 Å². The van der Waals surface area contributed by atoms with Crippen LogP contribution in [-0.2, 0) is 0 Å². The Bertz CT molecular complexity index is 241. The average molecular weight is 241 g/mol. The largest absolute Gasteiger partial charge is 0.342 e. The zero-order chi connectivity index (χ0) is 12.8. The average Bonchev–Trinajstić information content (AvgIpc) is 2.26. The Morgan fingerprint density at radius 2 is 2.00 bits per heavy atom. The molecule has 3 N–H and O–H groups in total. The summed E-state index contributed by atoms with van der Waals surface area (Å²) >= 11 is 0. The molecule has 1 fully saturated rings. The lowest BCUT2D eigenvalue weighted by Crippen LogP contribution is -2.49. The summed E-state index contributed by atoms with van der Waals surface area (Å²) in [6.07, 6.45) is 2.44. The molecule has 5 heteroatoms. The first kappa shape index (κ1) is 14.3. The number of rotatable bonds is 3. The molecule has 0 amide bonds. The summed E-state index contributed by atoms with van der Waals surface area (Å²) < 4.78 is 0. The number of hydrogen-bond acceptors (Lipinski definition) is 3. The van der Waals surface area contributed by atoms with Crippen molar-refractivity contribution in [3.8, 4) is 0 Å². The van der Waals surface area contributed by atoms with Gasteiger partial charge in [-0.05, 0) is 46.7 Å². The fourth-order valence-electron chi connectivity index (χ4n) is 2.30. The second kappa shape index (κ2) is 6.81. The predicted molar refractivity (Wildman–Crippen MR) is 72.7 cm³/mol. The molecule has 0 aromatic rings. The number of hydrogen-bond donors (Lipinski definition) is 2. The SMILES string of the molecule is CC(C)N=C(NN)N1CCC(CN(C)C)CC1. The highest BCUT2D eigenvalue weighted by atomic mass is 15.4. The first-order chi connectivity index (χ1) is 8.02. The number of aliphatic imine (C=N–C) groups is 1. The van der Waals surface area contributed by atoms with Gasteiger partial charge in [-0.25, -0.2) is 10.8 Å². The Morgan fingerprint density at radius 3 is 2.41 bits per heavy atom. The van der Waals surface area contributed by atoms with Gasteiger partial charge in [-0.3, -0.25) is 5.43 Å². The van der Waals surface area contributed by atoms with E-state index >= 15 is 0 Å². The zero-order valence-electron chi connectivity index (χ0n) is 11.6. The van der Waals surface area contributed by atoms with Crippen LogP contribution in [-0.4, -0.2) is 55.5 Å². The van der Waals surface area contributed by atoms with Crippen LogP contribution >= 0.6 is 0 Å². The molecular formula is C12H27N5. The number of hydrazine groups is 1. The van der Waals surface area contributed by atoms with E-state index in [0.29, 0.717) is 0 Å². The molecule has 5 nitrogen and oxygen atoms in total. The molecule has 0 unspecified atom stereocenters. The third-order valence-corrected chi connectivity index (χ3v) is 3.05. The zero-order valence-corrected chi connectivity index (χ0v) is 11.6. The number of nitrogens with one attached hydrogen (secondary N) is 1. The summed E-state index contributed by atoms with van der Waals surface area (Å²) in [6, 6.07) is 0.278. The molecule has 100 valence electrons. The van der Waals surface area contributed by atoms with Gasteiger partial charge < -0.3 is 9.80 Å². The van der Waals surface area contributed by atoms with Gasteiger partial charge in [-0.1, -0.05) is 0 Å². The topological polar surface area (TPSA) is 56.9 Å². The molecule has 1 aliphatic rings. The first-order valence-corrected chi connectivity index (χ1v) is 6.47. The van der Waals surface area contributed by atoms with E-state index in [1.807, 2.05) is 0 Å². The Hall–Kier alpha value is -0.810. The molecule has 0 radical (unpaired) electrons. The van der Waals surface area contributed by atoms with Gasteiger partial charge in [-0.2, -0.15) is 0 Å². The van der Waals surface area contributed by atoms with Crippen LogP contribution in [0.1, 0.15) is 26.7 Å². The molecule has 0 aliphatic carbocycles. The van der Waals surface area contributed by atoms with E-state index in [1.54, 1.807) is 0 Å². The Balaban J connectivity index is 2.45. The van der Waals surface area contributed by atoms with E-state index in [4.69, 9.17) is 5.84 Å². The minimum absolute atomic E-state index is 0.278. The summed E-state index contributed by atoms with van der Waals surface area (Å²) in [4.78, 5) is 9.03. The lowest BCUT2D eigenvalue weighted by Gasteiger charge is -2.34. The second-order valence-electron chi connectivity index (χ2n) is 5.38. The Morgan fingerprint density at radius 1 is 1.41 bits per heavy atom. The van der Waals surface area contributed by atoms with Crippen molar-refractivity contribution in [2.45, 2.75) is 32.7 Å². The van der Waals surface area contributed by atoms with Gasteiger partial charge in [0.1, 0.15) is 0 Å². The summed E-state index contributed by atoms with van der Waals surface area (Å²) in [6.45, 7) is 7.41. The third kappa shape index (κ3) is 4.91. The summed E-state index contributed by atoms with van der Waals surface area (Å²) in [5.74, 6) is 7.18. The molecule has 0 atom stereocenters. The fourth-order valence-corrected chi connectivity index (χ4v) is 2.30. The minimum Gasteiger partial charge on any atom is -0.342 e. The van der Waals surface area contributed by atoms with Crippen molar-refractivity contribution >= 4 is 5.96 Å². The van der Waals surface area contributed by atoms with Crippen molar-refractivity contribution in [2.75, 3.05) is 33.7 Å². The summed E-state index contributed by atoms with van der Waals surface area (Å²) in [5.41, 5.74) is 2.72. The second-order valence-corrected chi connectivity index (χ2v) is 5.38. The van der Waals surface area contributed by atoms with Crippen LogP contribution in [0.3, 0.4) is 0 Å². The molecule has 1 rings (SSSR count). The molecule has 1 heterocycles. The standard InChI is InChI=1S/C12H27N5/c1-10(2)14-12(15-13)17-7-5-11(6-8-17)9-16(3)4/h10-11H,5-9,13H2,1-4H3,(H,14,15). The minimum atomic E-state index is 0.278. The summed E-state index contributed by atoms with van der Waals surface area (Å²) in [7, 11) is 4.28. The van der Waals surface area contributed by atoms with Gasteiger partial charge in [0.15, 0.2) is 0 Å². The van der Waals surface area contributed by atoms with Crippen LogP contribution in [0.25, 0.3) is 0 Å². The quantitative estimate of drug-likeness (QED) is 0.327. The van der Waals surface area contributed by atoms with Gasteiger partial charge in [-0.15, -0.1) is 0 Å². The lowest BCUT2D eigenvalue weighted by molar-refractivity contribution is 0.215. The fraction of sp³-hybridized carbons (Fsp3) is 0.917. The highest BCUT2D eigenvalue weighted by molar-refractivity contribution is 5.79. The van der Waals surface area contributed by atoms with Gasteiger partial charge in [0.25, 0.3) is 0 Å². The van der Waals surface area contributed by atoms with Crippen molar-refractivity contribution < 1.29 is 0 Å². The highest BCUT2D eigenvalue weighted by Gasteiger charge is 2.21.